The Balaban J connectivity index is 0.000000701. The van der Waals surface area contributed by atoms with Gasteiger partial charge in [-0.05, 0) is 44.5 Å². The Kier molecular flexibility index (Phi) is 6.07. The van der Waals surface area contributed by atoms with Crippen molar-refractivity contribution < 1.29 is 28.6 Å². The zero-order chi connectivity index (χ0) is 18.6. The van der Waals surface area contributed by atoms with E-state index in [2.05, 4.69) is 5.32 Å². The highest BCUT2D eigenvalue weighted by atomic mass is 19.1. The normalized spacial score (nSPS) is 24.6. The predicted molar refractivity (Wildman–Crippen MR) is 85.7 cm³/mol. The van der Waals surface area contributed by atoms with Crippen LogP contribution >= 0.6 is 0 Å². The van der Waals surface area contributed by atoms with Crippen LogP contribution in [0.2, 0.25) is 0 Å². The maximum absolute atomic E-state index is 14.0. The van der Waals surface area contributed by atoms with Crippen LogP contribution in [0.15, 0.2) is 18.2 Å². The summed E-state index contributed by atoms with van der Waals surface area (Å²) in [4.78, 5) is 22.8. The van der Waals surface area contributed by atoms with Gasteiger partial charge in [0.2, 0.25) is 5.91 Å². The van der Waals surface area contributed by atoms with Gasteiger partial charge in [-0.1, -0.05) is 0 Å². The first kappa shape index (κ1) is 19.3. The number of carbonyl (C=O) groups is 2. The van der Waals surface area contributed by atoms with E-state index in [1.165, 1.54) is 0 Å². The maximum atomic E-state index is 14.0. The molecule has 25 heavy (non-hydrogen) atoms. The van der Waals surface area contributed by atoms with Gasteiger partial charge in [-0.3, -0.25) is 9.59 Å². The summed E-state index contributed by atoms with van der Waals surface area (Å²) in [5, 5.41) is 19.8. The van der Waals surface area contributed by atoms with Crippen molar-refractivity contribution in [1.29, 1.82) is 0 Å². The van der Waals surface area contributed by atoms with Crippen molar-refractivity contribution in [2.75, 3.05) is 20.1 Å². The van der Waals surface area contributed by atoms with Crippen LogP contribution in [-0.2, 0) is 15.1 Å². The molecule has 138 valence electrons. The van der Waals surface area contributed by atoms with Gasteiger partial charge in [0.1, 0.15) is 11.6 Å². The number of nitrogens with zero attached hydrogens (tertiary/aromatic N) is 1. The number of halogens is 2. The zero-order valence-corrected chi connectivity index (χ0v) is 13.9. The number of hydrogen-bond donors (Lipinski definition) is 3. The molecule has 0 spiro atoms. The van der Waals surface area contributed by atoms with E-state index in [-0.39, 0.29) is 17.9 Å². The molecule has 1 saturated carbocycles. The molecule has 0 aromatic heterocycles. The van der Waals surface area contributed by atoms with Crippen molar-refractivity contribution in [1.82, 2.24) is 10.2 Å². The van der Waals surface area contributed by atoms with Gasteiger partial charge in [0.05, 0.1) is 17.6 Å². The van der Waals surface area contributed by atoms with Crippen LogP contribution in [0.25, 0.3) is 0 Å². The second-order valence-corrected chi connectivity index (χ2v) is 6.53. The lowest BCUT2D eigenvalue weighted by atomic mass is 9.93. The van der Waals surface area contributed by atoms with Crippen LogP contribution in [0.1, 0.15) is 24.8 Å². The molecule has 2 atom stereocenters. The van der Waals surface area contributed by atoms with Gasteiger partial charge in [0.15, 0.2) is 0 Å². The first-order valence-electron chi connectivity index (χ1n) is 8.05. The molecule has 1 aliphatic heterocycles. The number of aliphatic hydroxyl groups excluding tert-OH is 1. The van der Waals surface area contributed by atoms with Gasteiger partial charge in [-0.15, -0.1) is 0 Å². The summed E-state index contributed by atoms with van der Waals surface area (Å²) < 4.78 is 27.3. The number of aliphatic hydroxyl groups is 1. The van der Waals surface area contributed by atoms with Crippen molar-refractivity contribution in [3.05, 3.63) is 35.4 Å². The number of benzene rings is 1. The van der Waals surface area contributed by atoms with E-state index >= 15 is 0 Å². The van der Waals surface area contributed by atoms with E-state index in [1.54, 1.807) is 0 Å². The van der Waals surface area contributed by atoms with Crippen LogP contribution in [0.5, 0.6) is 0 Å². The molecule has 1 amide bonds. The van der Waals surface area contributed by atoms with Gasteiger partial charge in [0, 0.05) is 18.7 Å². The summed E-state index contributed by atoms with van der Waals surface area (Å²) in [6.45, 7) is 0.962. The summed E-state index contributed by atoms with van der Waals surface area (Å²) >= 11 is 0. The molecule has 1 aromatic carbocycles. The lowest BCUT2D eigenvalue weighted by Gasteiger charge is -2.34. The van der Waals surface area contributed by atoms with Gasteiger partial charge in [-0.25, -0.2) is 8.78 Å². The Morgan fingerprint density at radius 3 is 2.64 bits per heavy atom. The molecule has 2 aliphatic rings. The highest BCUT2D eigenvalue weighted by Crippen LogP contribution is 2.47. The third-order valence-electron chi connectivity index (χ3n) is 4.67. The molecule has 2 fully saturated rings. The van der Waals surface area contributed by atoms with Gasteiger partial charge in [-0.2, -0.15) is 0 Å². The fourth-order valence-corrected chi connectivity index (χ4v) is 3.14. The minimum absolute atomic E-state index is 0.194. The number of piperidine rings is 1. The van der Waals surface area contributed by atoms with Crippen LogP contribution in [0.4, 0.5) is 8.78 Å². The minimum atomic E-state index is -0.820. The number of rotatable bonds is 3. The van der Waals surface area contributed by atoms with Crippen LogP contribution in [-0.4, -0.2) is 53.7 Å². The molecular weight excluding hydrogens is 334 g/mol. The second kappa shape index (κ2) is 7.88. The topological polar surface area (TPSA) is 89.9 Å². The number of hydrogen-bond acceptors (Lipinski definition) is 4. The number of nitrogens with one attached hydrogen (secondary N) is 1. The number of amides is 1. The molecule has 1 aromatic rings. The van der Waals surface area contributed by atoms with Crippen molar-refractivity contribution >= 4 is 12.4 Å². The minimum Gasteiger partial charge on any atom is -0.483 e. The molecular formula is C17H22F2N2O4. The van der Waals surface area contributed by atoms with E-state index in [9.17, 15) is 18.7 Å². The predicted octanol–water partition coefficient (Wildman–Crippen LogP) is 1.08. The van der Waals surface area contributed by atoms with E-state index in [1.807, 2.05) is 11.9 Å². The number of carboxylic acid groups (broad SMARTS) is 1. The molecule has 1 aliphatic carbocycles. The Morgan fingerprint density at radius 2 is 2.04 bits per heavy atom. The molecule has 8 heteroatoms. The summed E-state index contributed by atoms with van der Waals surface area (Å²) in [5.74, 6) is -1.86. The number of likely N-dealkylation sites (tertiary alicyclic amines) is 1. The van der Waals surface area contributed by atoms with Gasteiger partial charge < -0.3 is 20.4 Å². The monoisotopic (exact) mass is 356 g/mol. The molecule has 3 rings (SSSR count). The fourth-order valence-electron chi connectivity index (χ4n) is 3.14. The first-order valence-corrected chi connectivity index (χ1v) is 8.05. The molecule has 0 unspecified atom stereocenters. The second-order valence-electron chi connectivity index (χ2n) is 6.53. The first-order chi connectivity index (χ1) is 11.8. The molecule has 1 heterocycles. The summed E-state index contributed by atoms with van der Waals surface area (Å²) in [7, 11) is 1.89. The third kappa shape index (κ3) is 4.52. The Morgan fingerprint density at radius 1 is 1.40 bits per heavy atom. The van der Waals surface area contributed by atoms with Crippen molar-refractivity contribution in [3.8, 4) is 0 Å². The van der Waals surface area contributed by atoms with Gasteiger partial charge in [0.25, 0.3) is 6.47 Å². The standard InChI is InChI=1S/C16H20F2N2O2.CH2O2/c1-20-7-4-14(21)11(9-20)15(22)19-16(5-6-16)12-8-10(17)2-3-13(12)18;2-1-3/h2-3,8,11,14,21H,4-7,9H2,1H3,(H,19,22);1H,(H,2,3)/t11-,14+;/m1./s1. The fraction of sp³-hybridized carbons (Fsp3) is 0.529. The van der Waals surface area contributed by atoms with Crippen molar-refractivity contribution in [2.24, 2.45) is 5.92 Å². The summed E-state index contributed by atoms with van der Waals surface area (Å²) in [6, 6.07) is 3.29. The van der Waals surface area contributed by atoms with Crippen molar-refractivity contribution in [3.63, 3.8) is 0 Å². The van der Waals surface area contributed by atoms with Crippen LogP contribution in [0.3, 0.4) is 0 Å². The van der Waals surface area contributed by atoms with E-state index in [0.29, 0.717) is 25.8 Å². The molecule has 6 nitrogen and oxygen atoms in total. The Hall–Kier alpha value is -2.06. The van der Waals surface area contributed by atoms with Crippen LogP contribution in [0, 0.1) is 17.6 Å². The molecule has 3 N–H and O–H groups in total. The highest BCUT2D eigenvalue weighted by Gasteiger charge is 2.49. The average molecular weight is 356 g/mol. The Labute approximate surface area is 144 Å². The van der Waals surface area contributed by atoms with Crippen LogP contribution < -0.4 is 5.32 Å². The zero-order valence-electron chi connectivity index (χ0n) is 13.9. The SMILES string of the molecule is CN1CC[C@H](O)[C@H](C(=O)NC2(c3cc(F)ccc3F)CC2)C1.O=CO. The quantitative estimate of drug-likeness (QED) is 0.706. The lowest BCUT2D eigenvalue weighted by Crippen LogP contribution is -2.51. The van der Waals surface area contributed by atoms with E-state index < -0.39 is 29.2 Å². The maximum Gasteiger partial charge on any atom is 0.290 e. The molecule has 0 radical (unpaired) electrons. The largest absolute Gasteiger partial charge is 0.483 e. The lowest BCUT2D eigenvalue weighted by molar-refractivity contribution is -0.132. The Bertz CT molecular complexity index is 637. The average Bonchev–Trinajstić information content (AvgIpc) is 3.33. The highest BCUT2D eigenvalue weighted by molar-refractivity contribution is 5.81. The smallest absolute Gasteiger partial charge is 0.290 e. The van der Waals surface area contributed by atoms with Gasteiger partial charge >= 0.3 is 0 Å². The summed E-state index contributed by atoms with van der Waals surface area (Å²) in [6.07, 6.45) is 1.01. The molecule has 0 bridgehead atoms. The number of carbonyl (C=O) groups excluding carboxylic acids is 1. The summed E-state index contributed by atoms with van der Waals surface area (Å²) in [5.41, 5.74) is -0.626. The van der Waals surface area contributed by atoms with E-state index in [4.69, 9.17) is 9.90 Å². The van der Waals surface area contributed by atoms with E-state index in [0.717, 1.165) is 24.7 Å². The van der Waals surface area contributed by atoms with Crippen molar-refractivity contribution in [2.45, 2.75) is 30.9 Å². The molecule has 1 saturated heterocycles. The third-order valence-corrected chi connectivity index (χ3v) is 4.67.